The van der Waals surface area contributed by atoms with Crippen LogP contribution < -0.4 is 0 Å². The molecule has 0 radical (unpaired) electrons. The molecule has 150 valence electrons. The molecule has 0 amide bonds. The van der Waals surface area contributed by atoms with Gasteiger partial charge >= 0.3 is 0 Å². The van der Waals surface area contributed by atoms with Gasteiger partial charge in [0.15, 0.2) is 0 Å². The number of likely N-dealkylation sites (tertiary alicyclic amines) is 3. The van der Waals surface area contributed by atoms with Gasteiger partial charge in [-0.3, -0.25) is 14.7 Å². The molecule has 3 nitrogen and oxygen atoms in total. The molecule has 1 saturated carbocycles. The Hall–Kier alpha value is -0.120. The zero-order valence-electron chi connectivity index (χ0n) is 18.3. The Bertz CT molecular complexity index is 502. The van der Waals surface area contributed by atoms with Crippen molar-refractivity contribution in [1.29, 1.82) is 0 Å². The Kier molecular flexibility index (Phi) is 4.98. The van der Waals surface area contributed by atoms with Crippen molar-refractivity contribution in [3.63, 3.8) is 0 Å². The monoisotopic (exact) mass is 361 g/mol. The highest BCUT2D eigenvalue weighted by Crippen LogP contribution is 2.62. The van der Waals surface area contributed by atoms with Crippen LogP contribution in [0.25, 0.3) is 0 Å². The maximum atomic E-state index is 2.80. The maximum absolute atomic E-state index is 2.80. The standard InChI is InChI=1S/C23H43N3/c1-17(2)21-11-23(21)15-26(16-23)20(6)8-7-19(5)24-10-9-22(12-24)13-25(14-22)18(3)4/h17-21H,7-16H2,1-6H3. The fourth-order valence-corrected chi connectivity index (χ4v) is 6.39. The fraction of sp³-hybridized carbons (Fsp3) is 1.00. The van der Waals surface area contributed by atoms with Crippen molar-refractivity contribution < 1.29 is 0 Å². The molecular weight excluding hydrogens is 318 g/mol. The van der Waals surface area contributed by atoms with E-state index < -0.39 is 0 Å². The van der Waals surface area contributed by atoms with Crippen molar-refractivity contribution >= 4 is 0 Å². The van der Waals surface area contributed by atoms with Crippen molar-refractivity contribution in [3.8, 4) is 0 Å². The van der Waals surface area contributed by atoms with Crippen LogP contribution in [0.2, 0.25) is 0 Å². The van der Waals surface area contributed by atoms with Gasteiger partial charge in [0, 0.05) is 56.3 Å². The predicted molar refractivity (Wildman–Crippen MR) is 110 cm³/mol. The van der Waals surface area contributed by atoms with E-state index in [-0.39, 0.29) is 0 Å². The second-order valence-electron chi connectivity index (χ2n) is 11.3. The lowest BCUT2D eigenvalue weighted by molar-refractivity contribution is -0.0172. The van der Waals surface area contributed by atoms with Gasteiger partial charge in [-0.25, -0.2) is 0 Å². The van der Waals surface area contributed by atoms with Crippen molar-refractivity contribution in [2.24, 2.45) is 22.7 Å². The van der Waals surface area contributed by atoms with Crippen LogP contribution in [0, 0.1) is 22.7 Å². The highest BCUT2D eigenvalue weighted by atomic mass is 15.3. The van der Waals surface area contributed by atoms with Gasteiger partial charge in [-0.2, -0.15) is 0 Å². The first kappa shape index (κ1) is 19.2. The third-order valence-corrected chi connectivity index (χ3v) is 8.62. The van der Waals surface area contributed by atoms with E-state index in [1.807, 2.05) is 0 Å². The molecule has 0 aromatic rings. The summed E-state index contributed by atoms with van der Waals surface area (Å²) >= 11 is 0. The minimum absolute atomic E-state index is 0.645. The summed E-state index contributed by atoms with van der Waals surface area (Å²) in [5.74, 6) is 1.92. The van der Waals surface area contributed by atoms with E-state index in [0.717, 1.165) is 35.4 Å². The molecule has 3 unspecified atom stereocenters. The SMILES string of the molecule is CC(C)C1CC12CN(C(C)CCC(C)N1CCC3(CN(C(C)C)C3)C1)C2. The van der Waals surface area contributed by atoms with Gasteiger partial charge in [-0.1, -0.05) is 13.8 Å². The number of nitrogens with zero attached hydrogens (tertiary/aromatic N) is 3. The highest BCUT2D eigenvalue weighted by molar-refractivity contribution is 5.13. The number of hydrogen-bond acceptors (Lipinski definition) is 3. The first-order chi connectivity index (χ1) is 12.2. The summed E-state index contributed by atoms with van der Waals surface area (Å²) in [6.07, 6.45) is 5.70. The van der Waals surface area contributed by atoms with Gasteiger partial charge in [0.05, 0.1) is 0 Å². The maximum Gasteiger partial charge on any atom is 0.00972 e. The van der Waals surface area contributed by atoms with Gasteiger partial charge in [0.25, 0.3) is 0 Å². The molecule has 26 heavy (non-hydrogen) atoms. The first-order valence-electron chi connectivity index (χ1n) is 11.5. The smallest absolute Gasteiger partial charge is 0.00972 e. The van der Waals surface area contributed by atoms with Crippen molar-refractivity contribution in [2.45, 2.75) is 85.4 Å². The van der Waals surface area contributed by atoms with E-state index in [1.165, 1.54) is 65.0 Å². The van der Waals surface area contributed by atoms with Crippen LogP contribution >= 0.6 is 0 Å². The van der Waals surface area contributed by atoms with Crippen molar-refractivity contribution in [1.82, 2.24) is 14.7 Å². The lowest BCUT2D eigenvalue weighted by Gasteiger charge is -2.50. The summed E-state index contributed by atoms with van der Waals surface area (Å²) in [6.45, 7) is 22.6. The summed E-state index contributed by atoms with van der Waals surface area (Å²) < 4.78 is 0. The van der Waals surface area contributed by atoms with Crippen LogP contribution in [0.15, 0.2) is 0 Å². The average Bonchev–Trinajstić information content (AvgIpc) is 3.12. The van der Waals surface area contributed by atoms with E-state index >= 15 is 0 Å². The van der Waals surface area contributed by atoms with Crippen LogP contribution in [0.4, 0.5) is 0 Å². The normalized spacial score (nSPS) is 33.0. The molecule has 3 heteroatoms. The van der Waals surface area contributed by atoms with Gasteiger partial charge < -0.3 is 0 Å². The molecule has 4 fully saturated rings. The van der Waals surface area contributed by atoms with Crippen molar-refractivity contribution in [3.05, 3.63) is 0 Å². The number of hydrogen-bond donors (Lipinski definition) is 0. The van der Waals surface area contributed by atoms with E-state index in [9.17, 15) is 0 Å². The molecule has 3 saturated heterocycles. The Labute approximate surface area is 162 Å². The van der Waals surface area contributed by atoms with Crippen LogP contribution in [0.1, 0.15) is 67.2 Å². The summed E-state index contributed by atoms with van der Waals surface area (Å²) in [6, 6.07) is 2.28. The minimum atomic E-state index is 0.645. The quantitative estimate of drug-likeness (QED) is 0.680. The molecule has 0 N–H and O–H groups in total. The Balaban J connectivity index is 1.16. The third kappa shape index (κ3) is 3.37. The molecule has 1 aliphatic carbocycles. The van der Waals surface area contributed by atoms with Crippen LogP contribution in [-0.2, 0) is 0 Å². The Morgan fingerprint density at radius 2 is 1.35 bits per heavy atom. The zero-order chi connectivity index (χ0) is 18.7. The van der Waals surface area contributed by atoms with Gasteiger partial charge in [0.1, 0.15) is 0 Å². The summed E-state index contributed by atoms with van der Waals surface area (Å²) in [4.78, 5) is 8.23. The van der Waals surface area contributed by atoms with Crippen LogP contribution in [0.3, 0.4) is 0 Å². The highest BCUT2D eigenvalue weighted by Gasteiger charge is 2.62. The average molecular weight is 362 g/mol. The molecule has 4 aliphatic rings. The van der Waals surface area contributed by atoms with Crippen LogP contribution in [-0.4, -0.2) is 72.1 Å². The molecule has 0 bridgehead atoms. The lowest BCUT2D eigenvalue weighted by atomic mass is 9.78. The number of rotatable bonds is 7. The molecular formula is C23H43N3. The van der Waals surface area contributed by atoms with Gasteiger partial charge in [-0.05, 0) is 77.2 Å². The van der Waals surface area contributed by atoms with E-state index in [0.29, 0.717) is 5.41 Å². The summed E-state index contributed by atoms with van der Waals surface area (Å²) in [5, 5.41) is 0. The second-order valence-corrected chi connectivity index (χ2v) is 11.3. The van der Waals surface area contributed by atoms with Gasteiger partial charge in [-0.15, -0.1) is 0 Å². The second kappa shape index (κ2) is 6.74. The van der Waals surface area contributed by atoms with Crippen molar-refractivity contribution in [2.75, 3.05) is 39.3 Å². The van der Waals surface area contributed by atoms with Gasteiger partial charge in [0.2, 0.25) is 0 Å². The van der Waals surface area contributed by atoms with E-state index in [4.69, 9.17) is 0 Å². The van der Waals surface area contributed by atoms with E-state index in [1.54, 1.807) is 0 Å². The molecule has 3 heterocycles. The first-order valence-corrected chi connectivity index (χ1v) is 11.5. The summed E-state index contributed by atoms with van der Waals surface area (Å²) in [5.41, 5.74) is 1.40. The van der Waals surface area contributed by atoms with E-state index in [2.05, 4.69) is 56.2 Å². The van der Waals surface area contributed by atoms with Crippen LogP contribution in [0.5, 0.6) is 0 Å². The third-order valence-electron chi connectivity index (χ3n) is 8.62. The molecule has 4 rings (SSSR count). The minimum Gasteiger partial charge on any atom is -0.300 e. The molecule has 3 aliphatic heterocycles. The molecule has 2 spiro atoms. The predicted octanol–water partition coefficient (Wildman–Crippen LogP) is 3.94. The Morgan fingerprint density at radius 3 is 1.88 bits per heavy atom. The topological polar surface area (TPSA) is 9.72 Å². The molecule has 0 aromatic heterocycles. The fourth-order valence-electron chi connectivity index (χ4n) is 6.39. The molecule has 3 atom stereocenters. The largest absolute Gasteiger partial charge is 0.300 e. The Morgan fingerprint density at radius 1 is 0.769 bits per heavy atom. The summed E-state index contributed by atoms with van der Waals surface area (Å²) in [7, 11) is 0. The molecule has 0 aromatic carbocycles. The zero-order valence-corrected chi connectivity index (χ0v) is 18.3. The lowest BCUT2D eigenvalue weighted by Crippen LogP contribution is -2.59.